The van der Waals surface area contributed by atoms with Crippen molar-refractivity contribution in [3.05, 3.63) is 29.3 Å². The molecule has 2 rings (SSSR count). The van der Waals surface area contributed by atoms with Crippen LogP contribution in [0.25, 0.3) is 0 Å². The Labute approximate surface area is 125 Å². The highest BCUT2D eigenvalue weighted by molar-refractivity contribution is 5.92. The Hall–Kier alpha value is -1.88. The van der Waals surface area contributed by atoms with Gasteiger partial charge in [-0.3, -0.25) is 14.5 Å². The van der Waals surface area contributed by atoms with Crippen molar-refractivity contribution >= 4 is 17.5 Å². The molecular weight excluding hydrogens is 266 g/mol. The Morgan fingerprint density at radius 1 is 1.10 bits per heavy atom. The molecule has 5 nitrogen and oxygen atoms in total. The minimum atomic E-state index is -0.00507. The first-order valence-corrected chi connectivity index (χ1v) is 7.30. The van der Waals surface area contributed by atoms with Gasteiger partial charge in [0.2, 0.25) is 11.8 Å². The second kappa shape index (κ2) is 6.72. The zero-order chi connectivity index (χ0) is 15.4. The average molecular weight is 289 g/mol. The van der Waals surface area contributed by atoms with E-state index in [1.165, 1.54) is 11.1 Å². The molecule has 0 bridgehead atoms. The highest BCUT2D eigenvalue weighted by atomic mass is 16.2. The minimum Gasteiger partial charge on any atom is -0.340 e. The van der Waals surface area contributed by atoms with E-state index in [0.717, 1.165) is 18.8 Å². The first kappa shape index (κ1) is 15.5. The molecule has 0 aromatic heterocycles. The van der Waals surface area contributed by atoms with Gasteiger partial charge in [-0.05, 0) is 37.1 Å². The zero-order valence-electron chi connectivity index (χ0n) is 13.0. The van der Waals surface area contributed by atoms with Crippen molar-refractivity contribution < 1.29 is 9.59 Å². The summed E-state index contributed by atoms with van der Waals surface area (Å²) in [6.45, 7) is 8.94. The van der Waals surface area contributed by atoms with Crippen molar-refractivity contribution in [1.82, 2.24) is 9.80 Å². The van der Waals surface area contributed by atoms with Gasteiger partial charge in [0.25, 0.3) is 0 Å². The van der Waals surface area contributed by atoms with Gasteiger partial charge in [0.05, 0.1) is 6.54 Å². The molecule has 0 aliphatic carbocycles. The number of aryl methyl sites for hydroxylation is 2. The zero-order valence-corrected chi connectivity index (χ0v) is 13.0. The van der Waals surface area contributed by atoms with Crippen LogP contribution < -0.4 is 5.32 Å². The number of carbonyl (C=O) groups is 2. The summed E-state index contributed by atoms with van der Waals surface area (Å²) in [6, 6.07) is 5.92. The summed E-state index contributed by atoms with van der Waals surface area (Å²) in [7, 11) is 0. The lowest BCUT2D eigenvalue weighted by Gasteiger charge is -2.33. The molecular formula is C16H23N3O2. The summed E-state index contributed by atoms with van der Waals surface area (Å²) >= 11 is 0. The number of carbonyl (C=O) groups excluding carboxylic acids is 2. The molecule has 1 N–H and O–H groups in total. The second-order valence-corrected chi connectivity index (χ2v) is 5.63. The lowest BCUT2D eigenvalue weighted by molar-refractivity contribution is -0.130. The molecule has 0 unspecified atom stereocenters. The van der Waals surface area contributed by atoms with Crippen LogP contribution in [0.4, 0.5) is 5.69 Å². The van der Waals surface area contributed by atoms with Crippen LogP contribution in [0.3, 0.4) is 0 Å². The van der Waals surface area contributed by atoms with Crippen molar-refractivity contribution in [3.63, 3.8) is 0 Å². The molecule has 1 aromatic carbocycles. The summed E-state index contributed by atoms with van der Waals surface area (Å²) in [5, 5.41) is 2.93. The third-order valence-corrected chi connectivity index (χ3v) is 3.98. The first-order valence-electron chi connectivity index (χ1n) is 7.30. The van der Waals surface area contributed by atoms with Gasteiger partial charge in [0.1, 0.15) is 0 Å². The van der Waals surface area contributed by atoms with Crippen LogP contribution in [-0.2, 0) is 9.59 Å². The number of nitrogens with one attached hydrogen (secondary N) is 1. The van der Waals surface area contributed by atoms with Crippen molar-refractivity contribution in [1.29, 1.82) is 0 Å². The van der Waals surface area contributed by atoms with E-state index >= 15 is 0 Å². The molecule has 1 saturated heterocycles. The Morgan fingerprint density at radius 2 is 1.76 bits per heavy atom. The molecule has 0 atom stereocenters. The molecule has 1 aliphatic heterocycles. The van der Waals surface area contributed by atoms with Crippen molar-refractivity contribution in [3.8, 4) is 0 Å². The van der Waals surface area contributed by atoms with Gasteiger partial charge in [-0.25, -0.2) is 0 Å². The van der Waals surface area contributed by atoms with E-state index in [1.54, 1.807) is 6.92 Å². The normalized spacial score (nSPS) is 15.9. The SMILES string of the molecule is CC(=O)N1CCN(CC(=O)Nc2ccc(C)c(C)c2)CC1. The number of hydrogen-bond acceptors (Lipinski definition) is 3. The molecule has 0 saturated carbocycles. The van der Waals surface area contributed by atoms with E-state index in [0.29, 0.717) is 19.6 Å². The monoisotopic (exact) mass is 289 g/mol. The maximum absolute atomic E-state index is 12.1. The third kappa shape index (κ3) is 4.29. The standard InChI is InChI=1S/C16H23N3O2/c1-12-4-5-15(10-13(12)2)17-16(21)11-18-6-8-19(9-7-18)14(3)20/h4-5,10H,6-9,11H2,1-3H3,(H,17,21). The summed E-state index contributed by atoms with van der Waals surface area (Å²) in [6.07, 6.45) is 0. The van der Waals surface area contributed by atoms with Crippen LogP contribution in [-0.4, -0.2) is 54.3 Å². The second-order valence-electron chi connectivity index (χ2n) is 5.63. The quantitative estimate of drug-likeness (QED) is 0.915. The van der Waals surface area contributed by atoms with E-state index in [1.807, 2.05) is 30.0 Å². The van der Waals surface area contributed by atoms with Gasteiger partial charge >= 0.3 is 0 Å². The number of nitrogens with zero attached hydrogens (tertiary/aromatic N) is 2. The van der Waals surface area contributed by atoms with Gasteiger partial charge in [-0.2, -0.15) is 0 Å². The Morgan fingerprint density at radius 3 is 2.33 bits per heavy atom. The average Bonchev–Trinajstić information content (AvgIpc) is 2.43. The number of benzene rings is 1. The first-order chi connectivity index (χ1) is 9.95. The van der Waals surface area contributed by atoms with E-state index < -0.39 is 0 Å². The lowest BCUT2D eigenvalue weighted by Crippen LogP contribution is -2.49. The Bertz CT molecular complexity index is 534. The molecule has 1 aromatic rings. The van der Waals surface area contributed by atoms with E-state index in [4.69, 9.17) is 0 Å². The van der Waals surface area contributed by atoms with Crippen LogP contribution in [0.15, 0.2) is 18.2 Å². The predicted octanol–water partition coefficient (Wildman–Crippen LogP) is 1.41. The molecule has 1 fully saturated rings. The largest absolute Gasteiger partial charge is 0.340 e. The van der Waals surface area contributed by atoms with Crippen LogP contribution in [0, 0.1) is 13.8 Å². The summed E-state index contributed by atoms with van der Waals surface area (Å²) in [4.78, 5) is 27.2. The van der Waals surface area contributed by atoms with Crippen molar-refractivity contribution in [2.75, 3.05) is 38.0 Å². The predicted molar refractivity (Wildman–Crippen MR) is 83.2 cm³/mol. The number of rotatable bonds is 3. The van der Waals surface area contributed by atoms with Crippen LogP contribution in [0.1, 0.15) is 18.1 Å². The Balaban J connectivity index is 1.82. The molecule has 21 heavy (non-hydrogen) atoms. The summed E-state index contributed by atoms with van der Waals surface area (Å²) in [5.41, 5.74) is 3.22. The van der Waals surface area contributed by atoms with Gasteiger partial charge in [0, 0.05) is 38.8 Å². The lowest BCUT2D eigenvalue weighted by atomic mass is 10.1. The fourth-order valence-electron chi connectivity index (χ4n) is 2.44. The van der Waals surface area contributed by atoms with E-state index in [2.05, 4.69) is 17.1 Å². The van der Waals surface area contributed by atoms with Crippen LogP contribution in [0.2, 0.25) is 0 Å². The fourth-order valence-corrected chi connectivity index (χ4v) is 2.44. The maximum Gasteiger partial charge on any atom is 0.238 e. The smallest absolute Gasteiger partial charge is 0.238 e. The Kier molecular flexibility index (Phi) is 4.96. The third-order valence-electron chi connectivity index (χ3n) is 3.98. The molecule has 0 spiro atoms. The molecule has 1 aliphatic rings. The minimum absolute atomic E-state index is 0.00507. The van der Waals surface area contributed by atoms with Gasteiger partial charge in [0.15, 0.2) is 0 Å². The van der Waals surface area contributed by atoms with Crippen LogP contribution in [0.5, 0.6) is 0 Å². The number of anilines is 1. The van der Waals surface area contributed by atoms with Crippen molar-refractivity contribution in [2.45, 2.75) is 20.8 Å². The molecule has 1 heterocycles. The highest BCUT2D eigenvalue weighted by Gasteiger charge is 2.20. The molecule has 5 heteroatoms. The fraction of sp³-hybridized carbons (Fsp3) is 0.500. The maximum atomic E-state index is 12.1. The van der Waals surface area contributed by atoms with Crippen LogP contribution >= 0.6 is 0 Å². The molecule has 114 valence electrons. The van der Waals surface area contributed by atoms with Gasteiger partial charge in [-0.1, -0.05) is 6.07 Å². The number of hydrogen-bond donors (Lipinski definition) is 1. The highest BCUT2D eigenvalue weighted by Crippen LogP contribution is 2.14. The van der Waals surface area contributed by atoms with Gasteiger partial charge < -0.3 is 10.2 Å². The van der Waals surface area contributed by atoms with Crippen molar-refractivity contribution in [2.24, 2.45) is 0 Å². The summed E-state index contributed by atoms with van der Waals surface area (Å²) in [5.74, 6) is 0.101. The van der Waals surface area contributed by atoms with E-state index in [-0.39, 0.29) is 11.8 Å². The number of amides is 2. The number of piperazine rings is 1. The topological polar surface area (TPSA) is 52.7 Å². The molecule has 2 amide bonds. The van der Waals surface area contributed by atoms with Gasteiger partial charge in [-0.15, -0.1) is 0 Å². The summed E-state index contributed by atoms with van der Waals surface area (Å²) < 4.78 is 0. The molecule has 0 radical (unpaired) electrons. The van der Waals surface area contributed by atoms with E-state index in [9.17, 15) is 9.59 Å².